The number of imide groups is 1. The molecule has 1 saturated heterocycles. The maximum absolute atomic E-state index is 11.8. The Hall–Kier alpha value is -1.89. The number of halogens is 1. The number of carbonyl (C=O) groups is 2. The van der Waals surface area contributed by atoms with E-state index in [1.54, 1.807) is 12.4 Å². The number of fused-ring (bicyclic) bond motifs is 1. The van der Waals surface area contributed by atoms with Crippen molar-refractivity contribution < 1.29 is 9.59 Å². The summed E-state index contributed by atoms with van der Waals surface area (Å²) < 4.78 is 2.69. The number of nitrogens with zero attached hydrogens (tertiary/aromatic N) is 3. The summed E-state index contributed by atoms with van der Waals surface area (Å²) in [5.74, 6) is -0.243. The molecule has 2 aromatic heterocycles. The van der Waals surface area contributed by atoms with Crippen LogP contribution in [0.3, 0.4) is 0 Å². The summed E-state index contributed by atoms with van der Waals surface area (Å²) in [6.45, 7) is 0.370. The third-order valence-corrected chi connectivity index (χ3v) is 3.47. The SMILES string of the molecule is O=C1CCN(c2ccc(Br)n3ccnc23)C(=O)N1. The molecule has 0 atom stereocenters. The van der Waals surface area contributed by atoms with Crippen molar-refractivity contribution in [3.05, 3.63) is 29.1 Å². The lowest BCUT2D eigenvalue weighted by Gasteiger charge is -2.26. The number of hydrogen-bond acceptors (Lipinski definition) is 3. The highest BCUT2D eigenvalue weighted by Gasteiger charge is 2.26. The van der Waals surface area contributed by atoms with Gasteiger partial charge in [-0.05, 0) is 28.1 Å². The van der Waals surface area contributed by atoms with Gasteiger partial charge < -0.3 is 0 Å². The van der Waals surface area contributed by atoms with E-state index in [-0.39, 0.29) is 5.91 Å². The summed E-state index contributed by atoms with van der Waals surface area (Å²) in [5.41, 5.74) is 1.36. The van der Waals surface area contributed by atoms with E-state index in [0.29, 0.717) is 24.3 Å². The minimum atomic E-state index is -0.404. The highest BCUT2D eigenvalue weighted by Crippen LogP contribution is 2.25. The molecular formula is C11H9BrN4O2. The molecule has 1 aliphatic rings. The van der Waals surface area contributed by atoms with Gasteiger partial charge in [0.1, 0.15) is 0 Å². The molecule has 0 spiro atoms. The fraction of sp³-hybridized carbons (Fsp3) is 0.182. The molecular weight excluding hydrogens is 300 g/mol. The highest BCUT2D eigenvalue weighted by atomic mass is 79.9. The summed E-state index contributed by atoms with van der Waals surface area (Å²) in [5, 5.41) is 2.30. The quantitative estimate of drug-likeness (QED) is 0.813. The number of carbonyl (C=O) groups excluding carboxylic acids is 2. The predicted molar refractivity (Wildman–Crippen MR) is 68.4 cm³/mol. The van der Waals surface area contributed by atoms with E-state index in [9.17, 15) is 9.59 Å². The first-order valence-electron chi connectivity index (χ1n) is 5.40. The van der Waals surface area contributed by atoms with Gasteiger partial charge in [-0.15, -0.1) is 0 Å². The zero-order valence-electron chi connectivity index (χ0n) is 9.26. The van der Waals surface area contributed by atoms with Crippen molar-refractivity contribution in [3.8, 4) is 0 Å². The summed E-state index contributed by atoms with van der Waals surface area (Å²) in [6.07, 6.45) is 3.77. The lowest BCUT2D eigenvalue weighted by molar-refractivity contribution is -0.120. The van der Waals surface area contributed by atoms with Crippen molar-refractivity contribution in [2.45, 2.75) is 6.42 Å². The van der Waals surface area contributed by atoms with E-state index in [1.807, 2.05) is 16.5 Å². The minimum absolute atomic E-state index is 0.243. The van der Waals surface area contributed by atoms with Crippen LogP contribution in [-0.2, 0) is 4.79 Å². The van der Waals surface area contributed by atoms with Crippen molar-refractivity contribution in [3.63, 3.8) is 0 Å². The van der Waals surface area contributed by atoms with Crippen molar-refractivity contribution >= 4 is 39.2 Å². The minimum Gasteiger partial charge on any atom is -0.292 e. The average Bonchev–Trinajstić information content (AvgIpc) is 2.81. The van der Waals surface area contributed by atoms with Crippen LogP contribution in [0.1, 0.15) is 6.42 Å². The number of imidazole rings is 1. The van der Waals surface area contributed by atoms with Crippen molar-refractivity contribution in [2.75, 3.05) is 11.4 Å². The van der Waals surface area contributed by atoms with Gasteiger partial charge in [-0.1, -0.05) is 0 Å². The fourth-order valence-corrected chi connectivity index (χ4v) is 2.39. The summed E-state index contributed by atoms with van der Waals surface area (Å²) in [7, 11) is 0. The maximum Gasteiger partial charge on any atom is 0.328 e. The first-order chi connectivity index (χ1) is 8.66. The number of anilines is 1. The summed E-state index contributed by atoms with van der Waals surface area (Å²) in [4.78, 5) is 28.7. The first-order valence-corrected chi connectivity index (χ1v) is 6.19. The second-order valence-electron chi connectivity index (χ2n) is 3.92. The van der Waals surface area contributed by atoms with Gasteiger partial charge in [0.05, 0.1) is 10.3 Å². The molecule has 0 aromatic carbocycles. The molecule has 18 heavy (non-hydrogen) atoms. The van der Waals surface area contributed by atoms with Crippen LogP contribution in [0.5, 0.6) is 0 Å². The van der Waals surface area contributed by atoms with E-state index >= 15 is 0 Å². The van der Waals surface area contributed by atoms with Crippen LogP contribution in [0, 0.1) is 0 Å². The Kier molecular flexibility index (Phi) is 2.55. The monoisotopic (exact) mass is 308 g/mol. The lowest BCUT2D eigenvalue weighted by atomic mass is 10.2. The first kappa shape index (κ1) is 11.2. The molecule has 6 nitrogen and oxygen atoms in total. The van der Waals surface area contributed by atoms with E-state index in [0.717, 1.165) is 4.60 Å². The smallest absolute Gasteiger partial charge is 0.292 e. The average molecular weight is 309 g/mol. The normalized spacial score (nSPS) is 16.2. The number of hydrogen-bond donors (Lipinski definition) is 1. The number of nitrogens with one attached hydrogen (secondary N) is 1. The summed E-state index contributed by atoms with van der Waals surface area (Å²) >= 11 is 3.41. The van der Waals surface area contributed by atoms with E-state index in [2.05, 4.69) is 26.2 Å². The Morgan fingerprint density at radius 2 is 2.17 bits per heavy atom. The van der Waals surface area contributed by atoms with E-state index in [4.69, 9.17) is 0 Å². The zero-order valence-corrected chi connectivity index (χ0v) is 10.8. The van der Waals surface area contributed by atoms with Crippen LogP contribution in [0.25, 0.3) is 5.65 Å². The van der Waals surface area contributed by atoms with Gasteiger partial charge in [0, 0.05) is 25.4 Å². The highest BCUT2D eigenvalue weighted by molar-refractivity contribution is 9.10. The Labute approximate surface area is 111 Å². The zero-order chi connectivity index (χ0) is 12.7. The number of aromatic nitrogens is 2. The Morgan fingerprint density at radius 3 is 2.94 bits per heavy atom. The second kappa shape index (κ2) is 4.09. The molecule has 1 fully saturated rings. The van der Waals surface area contributed by atoms with Crippen molar-refractivity contribution in [1.82, 2.24) is 14.7 Å². The van der Waals surface area contributed by atoms with Gasteiger partial charge in [-0.2, -0.15) is 0 Å². The third-order valence-electron chi connectivity index (χ3n) is 2.82. The van der Waals surface area contributed by atoms with Gasteiger partial charge in [-0.3, -0.25) is 19.4 Å². The van der Waals surface area contributed by atoms with Crippen molar-refractivity contribution in [2.24, 2.45) is 0 Å². The molecule has 3 heterocycles. The number of amides is 3. The number of urea groups is 1. The van der Waals surface area contributed by atoms with Gasteiger partial charge in [0.2, 0.25) is 5.91 Å². The van der Waals surface area contributed by atoms with Crippen molar-refractivity contribution in [1.29, 1.82) is 0 Å². The van der Waals surface area contributed by atoms with Crippen LogP contribution >= 0.6 is 15.9 Å². The third kappa shape index (κ3) is 1.67. The Balaban J connectivity index is 2.09. The molecule has 0 unspecified atom stereocenters. The molecule has 7 heteroatoms. The van der Waals surface area contributed by atoms with Gasteiger partial charge in [-0.25, -0.2) is 9.78 Å². The standard InChI is InChI=1S/C11H9BrN4O2/c12-8-2-1-7(10-13-4-6-16(8)10)15-5-3-9(17)14-11(15)18/h1-2,4,6H,3,5H2,(H,14,17,18). The molecule has 0 radical (unpaired) electrons. The lowest BCUT2D eigenvalue weighted by Crippen LogP contribution is -2.49. The Morgan fingerprint density at radius 1 is 1.33 bits per heavy atom. The van der Waals surface area contributed by atoms with Crippen LogP contribution in [0.15, 0.2) is 29.1 Å². The van der Waals surface area contributed by atoms with Crippen LogP contribution < -0.4 is 10.2 Å². The second-order valence-corrected chi connectivity index (χ2v) is 4.73. The molecule has 1 N–H and O–H groups in total. The molecule has 0 saturated carbocycles. The van der Waals surface area contributed by atoms with Gasteiger partial charge in [0.25, 0.3) is 0 Å². The fourth-order valence-electron chi connectivity index (χ4n) is 1.97. The molecule has 2 aromatic rings. The molecule has 0 aliphatic carbocycles. The topological polar surface area (TPSA) is 66.7 Å². The van der Waals surface area contributed by atoms with Crippen LogP contribution in [0.2, 0.25) is 0 Å². The van der Waals surface area contributed by atoms with E-state index < -0.39 is 6.03 Å². The molecule has 0 bridgehead atoms. The largest absolute Gasteiger partial charge is 0.328 e. The summed E-state index contributed by atoms with van der Waals surface area (Å²) in [6, 6.07) is 3.24. The Bertz CT molecular complexity index is 652. The maximum atomic E-state index is 11.8. The molecule has 1 aliphatic heterocycles. The van der Waals surface area contributed by atoms with Gasteiger partial charge in [0.15, 0.2) is 5.65 Å². The number of rotatable bonds is 1. The van der Waals surface area contributed by atoms with Crippen LogP contribution in [0.4, 0.5) is 10.5 Å². The van der Waals surface area contributed by atoms with E-state index in [1.165, 1.54) is 4.90 Å². The number of pyridine rings is 1. The molecule has 3 amide bonds. The molecule has 3 rings (SSSR count). The van der Waals surface area contributed by atoms with Crippen LogP contribution in [-0.4, -0.2) is 27.9 Å². The molecule has 92 valence electrons. The predicted octanol–water partition coefficient (Wildman–Crippen LogP) is 1.54. The van der Waals surface area contributed by atoms with Gasteiger partial charge >= 0.3 is 6.03 Å².